The van der Waals surface area contributed by atoms with Crippen LogP contribution in [0.15, 0.2) is 79.0 Å². The first-order valence-corrected chi connectivity index (χ1v) is 6.74. The van der Waals surface area contributed by atoms with Gasteiger partial charge >= 0.3 is 0 Å². The highest BCUT2D eigenvalue weighted by atomic mass is 14.6. The average Bonchev–Trinajstić information content (AvgIpc) is 2.53. The van der Waals surface area contributed by atoms with E-state index in [1.165, 1.54) is 21.7 Å². The molecule has 0 aliphatic rings. The van der Waals surface area contributed by atoms with Crippen molar-refractivity contribution in [1.29, 1.82) is 0 Å². The van der Waals surface area contributed by atoms with Crippen LogP contribution in [0, 0.1) is 0 Å². The van der Waals surface area contributed by atoms with Crippen LogP contribution in [0.1, 0.15) is 0 Å². The third-order valence-corrected chi connectivity index (χ3v) is 3.66. The number of fused-ring (bicyclic) bond motifs is 2. The normalized spacial score (nSPS) is 11.0. The molecule has 0 unspecified atom stereocenters. The molecule has 0 spiro atoms. The Kier molecular flexibility index (Phi) is 2.49. The topological polar surface area (TPSA) is 12.9 Å². The highest BCUT2D eigenvalue weighted by Crippen LogP contribution is 2.26. The van der Waals surface area contributed by atoms with Gasteiger partial charge in [-0.3, -0.25) is 4.98 Å². The lowest BCUT2D eigenvalue weighted by Crippen LogP contribution is -1.83. The number of pyridine rings is 1. The fourth-order valence-electron chi connectivity index (χ4n) is 2.61. The molecule has 3 aromatic carbocycles. The summed E-state index contributed by atoms with van der Waals surface area (Å²) in [5.74, 6) is 0. The van der Waals surface area contributed by atoms with Crippen LogP contribution in [0.2, 0.25) is 0 Å². The van der Waals surface area contributed by atoms with Gasteiger partial charge in [0.2, 0.25) is 0 Å². The van der Waals surface area contributed by atoms with Crippen molar-refractivity contribution in [2.24, 2.45) is 0 Å². The smallest absolute Gasteiger partial charge is 0.0708 e. The second-order valence-electron chi connectivity index (χ2n) is 4.98. The molecule has 0 fully saturated rings. The van der Waals surface area contributed by atoms with E-state index in [-0.39, 0.29) is 0 Å². The van der Waals surface area contributed by atoms with Crippen LogP contribution in [0.4, 0.5) is 0 Å². The monoisotopic (exact) mass is 255 g/mol. The molecule has 0 amide bonds. The van der Waals surface area contributed by atoms with E-state index >= 15 is 0 Å². The maximum absolute atomic E-state index is 4.61. The highest BCUT2D eigenvalue weighted by Gasteiger charge is 2.02. The van der Waals surface area contributed by atoms with Crippen LogP contribution >= 0.6 is 0 Å². The Bertz CT molecular complexity index is 895. The van der Waals surface area contributed by atoms with Crippen molar-refractivity contribution in [1.82, 2.24) is 4.98 Å². The Hall–Kier alpha value is -2.67. The summed E-state index contributed by atoms with van der Waals surface area (Å²) in [6, 6.07) is 25.4. The van der Waals surface area contributed by atoms with E-state index in [4.69, 9.17) is 0 Å². The molecule has 20 heavy (non-hydrogen) atoms. The molecule has 0 saturated heterocycles. The molecular weight excluding hydrogens is 242 g/mol. The number of aromatic nitrogens is 1. The maximum Gasteiger partial charge on any atom is 0.0708 e. The van der Waals surface area contributed by atoms with Gasteiger partial charge in [0, 0.05) is 17.1 Å². The van der Waals surface area contributed by atoms with Gasteiger partial charge in [0.15, 0.2) is 0 Å². The minimum Gasteiger partial charge on any atom is -0.256 e. The van der Waals surface area contributed by atoms with E-state index in [1.807, 2.05) is 12.3 Å². The minimum atomic E-state index is 1.04. The van der Waals surface area contributed by atoms with Crippen LogP contribution in [0.25, 0.3) is 32.8 Å². The molecule has 0 bridgehead atoms. The third-order valence-electron chi connectivity index (χ3n) is 3.66. The molecule has 1 heterocycles. The summed E-state index contributed by atoms with van der Waals surface area (Å²) in [7, 11) is 0. The van der Waals surface area contributed by atoms with Crippen LogP contribution in [-0.4, -0.2) is 4.98 Å². The molecule has 0 saturated carbocycles. The van der Waals surface area contributed by atoms with Gasteiger partial charge in [-0.15, -0.1) is 0 Å². The second kappa shape index (κ2) is 4.46. The molecule has 0 aliphatic heterocycles. The molecule has 1 nitrogen and oxygen atoms in total. The molecule has 0 aliphatic carbocycles. The quantitative estimate of drug-likeness (QED) is 0.433. The number of nitrogens with zero attached hydrogens (tertiary/aromatic N) is 1. The fourth-order valence-corrected chi connectivity index (χ4v) is 2.61. The summed E-state index contributed by atoms with van der Waals surface area (Å²) >= 11 is 0. The molecule has 1 aromatic heterocycles. The first-order chi connectivity index (χ1) is 9.90. The average molecular weight is 255 g/mol. The molecular formula is C19H13N. The van der Waals surface area contributed by atoms with Gasteiger partial charge in [-0.25, -0.2) is 0 Å². The first-order valence-electron chi connectivity index (χ1n) is 6.74. The van der Waals surface area contributed by atoms with Gasteiger partial charge in [0.05, 0.1) is 5.52 Å². The van der Waals surface area contributed by atoms with Gasteiger partial charge in [0.25, 0.3) is 0 Å². The zero-order valence-electron chi connectivity index (χ0n) is 11.0. The van der Waals surface area contributed by atoms with Gasteiger partial charge < -0.3 is 0 Å². The summed E-state index contributed by atoms with van der Waals surface area (Å²) in [4.78, 5) is 4.61. The van der Waals surface area contributed by atoms with Crippen molar-refractivity contribution in [2.45, 2.75) is 0 Å². The van der Waals surface area contributed by atoms with Crippen molar-refractivity contribution in [3.8, 4) is 11.1 Å². The number of hydrogen-bond donors (Lipinski definition) is 0. The van der Waals surface area contributed by atoms with Crippen molar-refractivity contribution in [3.63, 3.8) is 0 Å². The molecule has 0 radical (unpaired) electrons. The Morgan fingerprint density at radius 3 is 2.05 bits per heavy atom. The van der Waals surface area contributed by atoms with Gasteiger partial charge in [0.1, 0.15) is 0 Å². The molecule has 1 heteroatoms. The number of rotatable bonds is 1. The largest absolute Gasteiger partial charge is 0.256 e. The third kappa shape index (κ3) is 1.84. The summed E-state index contributed by atoms with van der Waals surface area (Å²) in [6.45, 7) is 0. The van der Waals surface area contributed by atoms with E-state index in [9.17, 15) is 0 Å². The van der Waals surface area contributed by atoms with Crippen LogP contribution in [0.3, 0.4) is 0 Å². The first kappa shape index (κ1) is 11.2. The van der Waals surface area contributed by atoms with Crippen LogP contribution in [0.5, 0.6) is 0 Å². The molecule has 4 aromatic rings. The number of hydrogen-bond acceptors (Lipinski definition) is 1. The summed E-state index contributed by atoms with van der Waals surface area (Å²) in [5.41, 5.74) is 3.41. The number of benzene rings is 3. The summed E-state index contributed by atoms with van der Waals surface area (Å²) in [6.07, 6.45) is 1.95. The highest BCUT2D eigenvalue weighted by molar-refractivity contribution is 5.97. The zero-order valence-corrected chi connectivity index (χ0v) is 11.0. The molecule has 4 rings (SSSR count). The Morgan fingerprint density at radius 2 is 1.25 bits per heavy atom. The lowest BCUT2D eigenvalue weighted by atomic mass is 10.0. The Labute approximate surface area is 117 Å². The summed E-state index contributed by atoms with van der Waals surface area (Å²) < 4.78 is 0. The maximum atomic E-state index is 4.61. The standard InChI is InChI=1S/C19H13N/c1-2-6-14(7-3-1)18-11-17-10-15-8-4-5-9-16(15)12-19(17)20-13-18/h1-13H. The van der Waals surface area contributed by atoms with E-state index in [0.29, 0.717) is 0 Å². The van der Waals surface area contributed by atoms with Crippen molar-refractivity contribution >= 4 is 21.7 Å². The lowest BCUT2D eigenvalue weighted by molar-refractivity contribution is 1.41. The minimum absolute atomic E-state index is 1.04. The second-order valence-corrected chi connectivity index (χ2v) is 4.98. The van der Waals surface area contributed by atoms with Gasteiger partial charge in [-0.1, -0.05) is 54.6 Å². The van der Waals surface area contributed by atoms with Crippen LogP contribution in [-0.2, 0) is 0 Å². The molecule has 0 atom stereocenters. The van der Waals surface area contributed by atoms with E-state index in [1.54, 1.807) is 0 Å². The Balaban J connectivity index is 1.97. The molecule has 94 valence electrons. The predicted octanol–water partition coefficient (Wildman–Crippen LogP) is 5.06. The lowest BCUT2D eigenvalue weighted by Gasteiger charge is -2.05. The van der Waals surface area contributed by atoms with E-state index < -0.39 is 0 Å². The molecule has 0 N–H and O–H groups in total. The van der Waals surface area contributed by atoms with Gasteiger partial charge in [-0.2, -0.15) is 0 Å². The SMILES string of the molecule is c1ccc(-c2cnc3cc4ccccc4cc3c2)cc1. The fraction of sp³-hybridized carbons (Fsp3) is 0. The van der Waals surface area contributed by atoms with Gasteiger partial charge in [-0.05, 0) is 34.5 Å². The Morgan fingerprint density at radius 1 is 0.550 bits per heavy atom. The summed E-state index contributed by atoms with van der Waals surface area (Å²) in [5, 5.41) is 3.68. The van der Waals surface area contributed by atoms with Crippen molar-refractivity contribution in [2.75, 3.05) is 0 Å². The van der Waals surface area contributed by atoms with E-state index in [0.717, 1.165) is 11.1 Å². The van der Waals surface area contributed by atoms with Crippen LogP contribution < -0.4 is 0 Å². The van der Waals surface area contributed by atoms with Crippen molar-refractivity contribution < 1.29 is 0 Å². The predicted molar refractivity (Wildman–Crippen MR) is 84.7 cm³/mol. The van der Waals surface area contributed by atoms with Crippen molar-refractivity contribution in [3.05, 3.63) is 79.0 Å². The van der Waals surface area contributed by atoms with E-state index in [2.05, 4.69) is 71.7 Å². The zero-order chi connectivity index (χ0) is 13.4.